The van der Waals surface area contributed by atoms with Gasteiger partial charge < -0.3 is 10.1 Å². The summed E-state index contributed by atoms with van der Waals surface area (Å²) >= 11 is 0. The zero-order valence-electron chi connectivity index (χ0n) is 7.09. The van der Waals surface area contributed by atoms with Gasteiger partial charge in [0, 0.05) is 0 Å². The number of hydrogen-bond acceptors (Lipinski definition) is 3. The summed E-state index contributed by atoms with van der Waals surface area (Å²) in [6.45, 7) is 5.37. The highest BCUT2D eigenvalue weighted by Gasteiger charge is 2.27. The van der Waals surface area contributed by atoms with Crippen molar-refractivity contribution in [1.82, 2.24) is 5.32 Å². The van der Waals surface area contributed by atoms with E-state index in [0.717, 1.165) is 13.0 Å². The van der Waals surface area contributed by atoms with E-state index >= 15 is 0 Å². The molecule has 1 aliphatic rings. The van der Waals surface area contributed by atoms with Gasteiger partial charge in [-0.3, -0.25) is 4.79 Å². The van der Waals surface area contributed by atoms with Crippen molar-refractivity contribution in [2.24, 2.45) is 5.92 Å². The van der Waals surface area contributed by atoms with Crippen LogP contribution in [0.4, 0.5) is 0 Å². The quantitative estimate of drug-likeness (QED) is 0.595. The maximum Gasteiger partial charge on any atom is 0.323 e. The first-order valence-electron chi connectivity index (χ1n) is 4.14. The van der Waals surface area contributed by atoms with Gasteiger partial charge in [0.05, 0.1) is 6.61 Å². The van der Waals surface area contributed by atoms with Gasteiger partial charge in [-0.15, -0.1) is 0 Å². The van der Waals surface area contributed by atoms with Gasteiger partial charge in [0.1, 0.15) is 6.04 Å². The third-order valence-electron chi connectivity index (χ3n) is 1.92. The van der Waals surface area contributed by atoms with Crippen LogP contribution in [-0.4, -0.2) is 25.2 Å². The first kappa shape index (κ1) is 8.53. The topological polar surface area (TPSA) is 38.3 Å². The van der Waals surface area contributed by atoms with Crippen LogP contribution in [0.15, 0.2) is 0 Å². The van der Waals surface area contributed by atoms with Crippen molar-refractivity contribution in [1.29, 1.82) is 0 Å². The molecule has 1 aliphatic heterocycles. The minimum Gasteiger partial charge on any atom is -0.465 e. The van der Waals surface area contributed by atoms with Crippen LogP contribution in [0.2, 0.25) is 0 Å². The first-order valence-corrected chi connectivity index (χ1v) is 4.14. The lowest BCUT2D eigenvalue weighted by Crippen LogP contribution is -2.32. The molecular formula is C8H15NO2. The zero-order chi connectivity index (χ0) is 8.27. The first-order chi connectivity index (χ1) is 5.24. The molecule has 1 unspecified atom stereocenters. The number of hydrogen-bond donors (Lipinski definition) is 1. The van der Waals surface area contributed by atoms with E-state index in [2.05, 4.69) is 12.2 Å². The summed E-state index contributed by atoms with van der Waals surface area (Å²) in [6.07, 6.45) is 0.916. The molecule has 1 rings (SSSR count). The van der Waals surface area contributed by atoms with Crippen LogP contribution in [-0.2, 0) is 9.53 Å². The molecular weight excluding hydrogens is 142 g/mol. The van der Waals surface area contributed by atoms with Gasteiger partial charge >= 0.3 is 5.97 Å². The highest BCUT2D eigenvalue weighted by molar-refractivity contribution is 5.76. The van der Waals surface area contributed by atoms with Crippen molar-refractivity contribution in [2.75, 3.05) is 13.2 Å². The summed E-state index contributed by atoms with van der Waals surface area (Å²) in [7, 11) is 0. The predicted octanol–water partition coefficient (Wildman–Crippen LogP) is 0.547. The van der Waals surface area contributed by atoms with E-state index in [4.69, 9.17) is 4.74 Å². The van der Waals surface area contributed by atoms with Crippen LogP contribution < -0.4 is 5.32 Å². The fraction of sp³-hybridized carbons (Fsp3) is 0.875. The molecule has 1 fully saturated rings. The molecule has 64 valence electrons. The highest BCUT2D eigenvalue weighted by Crippen LogP contribution is 2.13. The van der Waals surface area contributed by atoms with Crippen molar-refractivity contribution in [2.45, 2.75) is 26.3 Å². The van der Waals surface area contributed by atoms with Gasteiger partial charge in [0.15, 0.2) is 0 Å². The van der Waals surface area contributed by atoms with Crippen molar-refractivity contribution in [3.63, 3.8) is 0 Å². The number of esters is 1. The van der Waals surface area contributed by atoms with Crippen LogP contribution in [0, 0.1) is 5.92 Å². The van der Waals surface area contributed by atoms with Gasteiger partial charge in [-0.05, 0) is 25.8 Å². The van der Waals surface area contributed by atoms with Gasteiger partial charge in [-0.2, -0.15) is 0 Å². The zero-order valence-corrected chi connectivity index (χ0v) is 7.09. The van der Waals surface area contributed by atoms with Crippen LogP contribution in [0.1, 0.15) is 20.3 Å². The van der Waals surface area contributed by atoms with E-state index in [-0.39, 0.29) is 12.0 Å². The second-order valence-electron chi connectivity index (χ2n) is 3.05. The van der Waals surface area contributed by atoms with E-state index in [9.17, 15) is 4.79 Å². The van der Waals surface area contributed by atoms with Crippen LogP contribution in [0.3, 0.4) is 0 Å². The van der Waals surface area contributed by atoms with Gasteiger partial charge in [-0.25, -0.2) is 0 Å². The maximum absolute atomic E-state index is 11.1. The van der Waals surface area contributed by atoms with Gasteiger partial charge in [0.2, 0.25) is 0 Å². The Balaban J connectivity index is 2.31. The number of nitrogens with one attached hydrogen (secondary N) is 1. The number of carbonyl (C=O) groups is 1. The highest BCUT2D eigenvalue weighted by atomic mass is 16.5. The molecule has 0 aromatic heterocycles. The molecule has 3 heteroatoms. The summed E-state index contributed by atoms with van der Waals surface area (Å²) in [5, 5.41) is 3.12. The Morgan fingerprint density at radius 3 is 2.91 bits per heavy atom. The van der Waals surface area contributed by atoms with E-state index in [1.54, 1.807) is 0 Å². The summed E-state index contributed by atoms with van der Waals surface area (Å²) in [4.78, 5) is 11.1. The number of rotatable bonds is 2. The van der Waals surface area contributed by atoms with Crippen LogP contribution in [0.5, 0.6) is 0 Å². The molecule has 0 saturated carbocycles. The average molecular weight is 157 g/mol. The molecule has 3 nitrogen and oxygen atoms in total. The molecule has 1 saturated heterocycles. The summed E-state index contributed by atoms with van der Waals surface area (Å²) in [6, 6.07) is -0.0510. The van der Waals surface area contributed by atoms with Gasteiger partial charge in [-0.1, -0.05) is 6.92 Å². The minimum atomic E-state index is -0.100. The summed E-state index contributed by atoms with van der Waals surface area (Å²) in [5.74, 6) is 0.501. The molecule has 1 N–H and O–H groups in total. The Morgan fingerprint density at radius 1 is 1.73 bits per heavy atom. The summed E-state index contributed by atoms with van der Waals surface area (Å²) in [5.41, 5.74) is 0. The molecule has 0 aromatic carbocycles. The number of ether oxygens (including phenoxy) is 1. The van der Waals surface area contributed by atoms with E-state index in [1.807, 2.05) is 6.92 Å². The lowest BCUT2D eigenvalue weighted by Gasteiger charge is -2.07. The van der Waals surface area contributed by atoms with Gasteiger partial charge in [0.25, 0.3) is 0 Å². The Bertz CT molecular complexity index is 147. The minimum absolute atomic E-state index is 0.0510. The van der Waals surface area contributed by atoms with E-state index in [0.29, 0.717) is 12.5 Å². The molecule has 1 heterocycles. The Morgan fingerprint density at radius 2 is 2.45 bits per heavy atom. The van der Waals surface area contributed by atoms with Crippen molar-refractivity contribution < 1.29 is 9.53 Å². The molecule has 0 aromatic rings. The molecule has 0 radical (unpaired) electrons. The normalized spacial score (nSPS) is 30.4. The molecule has 0 amide bonds. The lowest BCUT2D eigenvalue weighted by atomic mass is 10.1. The summed E-state index contributed by atoms with van der Waals surface area (Å²) < 4.78 is 4.87. The van der Waals surface area contributed by atoms with Crippen LogP contribution in [0.25, 0.3) is 0 Å². The third-order valence-corrected chi connectivity index (χ3v) is 1.92. The van der Waals surface area contributed by atoms with Crippen molar-refractivity contribution >= 4 is 5.97 Å². The monoisotopic (exact) mass is 157 g/mol. The second-order valence-corrected chi connectivity index (χ2v) is 3.05. The maximum atomic E-state index is 11.1. The Hall–Kier alpha value is -0.570. The Labute approximate surface area is 67.1 Å². The molecule has 0 bridgehead atoms. The molecule has 0 aliphatic carbocycles. The largest absolute Gasteiger partial charge is 0.465 e. The fourth-order valence-electron chi connectivity index (χ4n) is 1.33. The second kappa shape index (κ2) is 3.72. The molecule has 11 heavy (non-hydrogen) atoms. The average Bonchev–Trinajstić information content (AvgIpc) is 2.36. The Kier molecular flexibility index (Phi) is 2.88. The van der Waals surface area contributed by atoms with Crippen molar-refractivity contribution in [3.05, 3.63) is 0 Å². The smallest absolute Gasteiger partial charge is 0.323 e. The third kappa shape index (κ3) is 2.19. The lowest BCUT2D eigenvalue weighted by molar-refractivity contribution is -0.145. The molecule has 0 spiro atoms. The number of carbonyl (C=O) groups excluding carboxylic acids is 1. The van der Waals surface area contributed by atoms with E-state index in [1.165, 1.54) is 0 Å². The SMILES string of the molecule is CCOC(=O)[C@H]1CC(C)CN1. The standard InChI is InChI=1S/C8H15NO2/c1-3-11-8(10)7-4-6(2)5-9-7/h6-7,9H,3-5H2,1-2H3/t6?,7-/m1/s1. The van der Waals surface area contributed by atoms with Crippen LogP contribution >= 0.6 is 0 Å². The predicted molar refractivity (Wildman–Crippen MR) is 42.2 cm³/mol. The van der Waals surface area contributed by atoms with Crippen molar-refractivity contribution in [3.8, 4) is 0 Å². The molecule has 2 atom stereocenters. The van der Waals surface area contributed by atoms with E-state index < -0.39 is 0 Å². The fourth-order valence-corrected chi connectivity index (χ4v) is 1.33.